The lowest BCUT2D eigenvalue weighted by molar-refractivity contribution is 0.0526. The molecule has 6 heteroatoms. The van der Waals surface area contributed by atoms with E-state index in [0.717, 1.165) is 10.8 Å². The molecule has 0 radical (unpaired) electrons. The van der Waals surface area contributed by atoms with Crippen LogP contribution >= 0.6 is 0 Å². The fraction of sp³-hybridized carbons (Fsp3) is 0.0909. The third-order valence-electron chi connectivity index (χ3n) is 5.01. The molecule has 0 fully saturated rings. The molecule has 0 amide bonds. The third-order valence-corrected chi connectivity index (χ3v) is 5.01. The van der Waals surface area contributed by atoms with Crippen molar-refractivity contribution in [3.63, 3.8) is 0 Å². The van der Waals surface area contributed by atoms with Crippen molar-refractivity contribution in [3.8, 4) is 0 Å². The van der Waals surface area contributed by atoms with Crippen molar-refractivity contribution in [3.05, 3.63) is 82.9 Å². The number of hydrogen-bond acceptors (Lipinski definition) is 5. The summed E-state index contributed by atoms with van der Waals surface area (Å²) >= 11 is 0. The summed E-state index contributed by atoms with van der Waals surface area (Å²) in [5.41, 5.74) is 1.16. The van der Waals surface area contributed by atoms with Crippen LogP contribution in [0.25, 0.3) is 16.3 Å². The van der Waals surface area contributed by atoms with Crippen LogP contribution in [-0.2, 0) is 4.74 Å². The van der Waals surface area contributed by atoms with Gasteiger partial charge in [-0.3, -0.25) is 14.6 Å². The standard InChI is InChI=1S/C22H14N2O4/c1-2-28-22(27)16-15-19(21(26)17-14(20(15)25)8-5-10-23-17)24-11-9-12-6-3-4-7-13(12)18(16)24/h3-11H,2H2,1H3. The molecule has 1 aliphatic carbocycles. The Morgan fingerprint density at radius 1 is 1.07 bits per heavy atom. The first kappa shape index (κ1) is 16.4. The van der Waals surface area contributed by atoms with Crippen LogP contribution in [0.2, 0.25) is 0 Å². The Bertz CT molecular complexity index is 1330. The number of rotatable bonds is 2. The molecular formula is C22H14N2O4. The number of hydrogen-bond donors (Lipinski definition) is 0. The first-order valence-corrected chi connectivity index (χ1v) is 8.90. The SMILES string of the molecule is CCOC(=O)c1c2c(n3ccc4ccccc4c13)C(=O)c1ncccc1C2=O. The molecule has 1 aliphatic rings. The van der Waals surface area contributed by atoms with Gasteiger partial charge in [-0.1, -0.05) is 24.3 Å². The maximum Gasteiger partial charge on any atom is 0.341 e. The van der Waals surface area contributed by atoms with E-state index >= 15 is 0 Å². The smallest absolute Gasteiger partial charge is 0.341 e. The molecule has 0 N–H and O–H groups in total. The molecule has 3 heterocycles. The van der Waals surface area contributed by atoms with Crippen molar-refractivity contribution in [2.75, 3.05) is 6.61 Å². The topological polar surface area (TPSA) is 77.7 Å². The lowest BCUT2D eigenvalue weighted by atomic mass is 9.89. The number of carbonyl (C=O) groups excluding carboxylic acids is 3. The molecule has 0 atom stereocenters. The van der Waals surface area contributed by atoms with Gasteiger partial charge >= 0.3 is 5.97 Å². The summed E-state index contributed by atoms with van der Waals surface area (Å²) in [6, 6.07) is 12.5. The minimum Gasteiger partial charge on any atom is -0.462 e. The van der Waals surface area contributed by atoms with Crippen molar-refractivity contribution in [2.45, 2.75) is 6.92 Å². The second-order valence-electron chi connectivity index (χ2n) is 6.50. The molecule has 0 saturated heterocycles. The van der Waals surface area contributed by atoms with Gasteiger partial charge in [-0.05, 0) is 30.5 Å². The van der Waals surface area contributed by atoms with Gasteiger partial charge in [0.1, 0.15) is 11.4 Å². The van der Waals surface area contributed by atoms with Gasteiger partial charge in [0, 0.05) is 17.8 Å². The minimum absolute atomic E-state index is 0.0836. The molecule has 6 nitrogen and oxygen atoms in total. The van der Waals surface area contributed by atoms with Gasteiger partial charge in [-0.25, -0.2) is 4.79 Å². The highest BCUT2D eigenvalue weighted by molar-refractivity contribution is 6.32. The van der Waals surface area contributed by atoms with Gasteiger partial charge in [0.15, 0.2) is 5.78 Å². The maximum atomic E-state index is 13.3. The van der Waals surface area contributed by atoms with E-state index < -0.39 is 11.8 Å². The zero-order valence-corrected chi connectivity index (χ0v) is 14.9. The van der Waals surface area contributed by atoms with Crippen molar-refractivity contribution in [1.82, 2.24) is 9.38 Å². The lowest BCUT2D eigenvalue weighted by Crippen LogP contribution is -2.24. The van der Waals surface area contributed by atoms with Gasteiger partial charge < -0.3 is 9.14 Å². The molecule has 0 saturated carbocycles. The van der Waals surface area contributed by atoms with Crippen molar-refractivity contribution >= 4 is 33.8 Å². The molecule has 0 spiro atoms. The Morgan fingerprint density at radius 3 is 2.71 bits per heavy atom. The second kappa shape index (κ2) is 5.85. The van der Waals surface area contributed by atoms with Crippen LogP contribution in [0.1, 0.15) is 49.4 Å². The largest absolute Gasteiger partial charge is 0.462 e. The van der Waals surface area contributed by atoms with Crippen LogP contribution in [-0.4, -0.2) is 33.5 Å². The molecule has 5 rings (SSSR count). The zero-order valence-electron chi connectivity index (χ0n) is 14.9. The van der Waals surface area contributed by atoms with Crippen LogP contribution < -0.4 is 0 Å². The Labute approximate surface area is 159 Å². The lowest BCUT2D eigenvalue weighted by Gasteiger charge is -2.14. The van der Waals surface area contributed by atoms with Crippen LogP contribution in [0.4, 0.5) is 0 Å². The van der Waals surface area contributed by atoms with E-state index in [1.54, 1.807) is 29.7 Å². The van der Waals surface area contributed by atoms with Crippen LogP contribution in [0.15, 0.2) is 54.9 Å². The summed E-state index contributed by atoms with van der Waals surface area (Å²) in [6.45, 7) is 1.86. The highest BCUT2D eigenvalue weighted by Crippen LogP contribution is 2.36. The summed E-state index contributed by atoms with van der Waals surface area (Å²) in [4.78, 5) is 43.5. The van der Waals surface area contributed by atoms with E-state index in [9.17, 15) is 14.4 Å². The summed E-state index contributed by atoms with van der Waals surface area (Å²) in [7, 11) is 0. The van der Waals surface area contributed by atoms with Gasteiger partial charge in [-0.15, -0.1) is 0 Å². The average Bonchev–Trinajstić information content (AvgIpc) is 3.08. The van der Waals surface area contributed by atoms with Crippen LogP contribution in [0, 0.1) is 0 Å². The number of benzene rings is 1. The summed E-state index contributed by atoms with van der Waals surface area (Å²) in [5.74, 6) is -1.40. The van der Waals surface area contributed by atoms with E-state index in [1.807, 2.05) is 30.3 Å². The number of pyridine rings is 2. The Kier molecular flexibility index (Phi) is 3.42. The average molecular weight is 370 g/mol. The highest BCUT2D eigenvalue weighted by Gasteiger charge is 2.39. The Hall–Kier alpha value is -3.80. The molecule has 3 aromatic heterocycles. The molecular weight excluding hydrogens is 356 g/mol. The van der Waals surface area contributed by atoms with Gasteiger partial charge in [0.25, 0.3) is 0 Å². The fourth-order valence-corrected chi connectivity index (χ4v) is 3.88. The number of carbonyl (C=O) groups is 3. The summed E-state index contributed by atoms with van der Waals surface area (Å²) in [5, 5.41) is 1.66. The fourth-order valence-electron chi connectivity index (χ4n) is 3.88. The number of ketones is 2. The number of ether oxygens (including phenoxy) is 1. The molecule has 28 heavy (non-hydrogen) atoms. The Balaban J connectivity index is 1.98. The van der Waals surface area contributed by atoms with Gasteiger partial charge in [-0.2, -0.15) is 0 Å². The number of fused-ring (bicyclic) bond motifs is 6. The van der Waals surface area contributed by atoms with E-state index in [-0.39, 0.29) is 40.5 Å². The molecule has 1 aromatic carbocycles. The number of esters is 1. The van der Waals surface area contributed by atoms with E-state index in [1.165, 1.54) is 6.20 Å². The second-order valence-corrected chi connectivity index (χ2v) is 6.50. The summed E-state index contributed by atoms with van der Waals surface area (Å²) in [6.07, 6.45) is 3.19. The molecule has 0 unspecified atom stereocenters. The van der Waals surface area contributed by atoms with E-state index in [0.29, 0.717) is 5.52 Å². The summed E-state index contributed by atoms with van der Waals surface area (Å²) < 4.78 is 6.86. The third kappa shape index (κ3) is 2.02. The first-order valence-electron chi connectivity index (χ1n) is 8.90. The van der Waals surface area contributed by atoms with Crippen LogP contribution in [0.3, 0.4) is 0 Å². The van der Waals surface area contributed by atoms with E-state index in [4.69, 9.17) is 4.74 Å². The highest BCUT2D eigenvalue weighted by atomic mass is 16.5. The zero-order chi connectivity index (χ0) is 19.4. The van der Waals surface area contributed by atoms with Crippen molar-refractivity contribution in [2.24, 2.45) is 0 Å². The van der Waals surface area contributed by atoms with Gasteiger partial charge in [0.05, 0.1) is 28.8 Å². The quantitative estimate of drug-likeness (QED) is 0.445. The molecule has 0 bridgehead atoms. The number of aromatic nitrogens is 2. The van der Waals surface area contributed by atoms with Gasteiger partial charge in [0.2, 0.25) is 5.78 Å². The Morgan fingerprint density at radius 2 is 1.89 bits per heavy atom. The normalized spacial score (nSPS) is 12.9. The van der Waals surface area contributed by atoms with E-state index in [2.05, 4.69) is 4.98 Å². The number of nitrogens with zero attached hydrogens (tertiary/aromatic N) is 2. The predicted molar refractivity (Wildman–Crippen MR) is 102 cm³/mol. The molecule has 4 aromatic rings. The predicted octanol–water partition coefficient (Wildman–Crippen LogP) is 3.44. The minimum atomic E-state index is -0.619. The molecule has 0 aliphatic heterocycles. The first-order chi connectivity index (χ1) is 13.6. The monoisotopic (exact) mass is 370 g/mol. The maximum absolute atomic E-state index is 13.3. The van der Waals surface area contributed by atoms with Crippen molar-refractivity contribution in [1.29, 1.82) is 0 Å². The van der Waals surface area contributed by atoms with Crippen LogP contribution in [0.5, 0.6) is 0 Å². The molecule has 136 valence electrons. The van der Waals surface area contributed by atoms with Crippen molar-refractivity contribution < 1.29 is 19.1 Å².